The average Bonchev–Trinajstić information content (AvgIpc) is 4.09. The first-order valence-electron chi connectivity index (χ1n) is 20.1. The maximum atomic E-state index is 15.6. The highest BCUT2D eigenvalue weighted by molar-refractivity contribution is 8.13. The van der Waals surface area contributed by atoms with Crippen LogP contribution in [0.15, 0.2) is 126 Å². The number of hydrogen-bond acceptors (Lipinski definition) is 8. The summed E-state index contributed by atoms with van der Waals surface area (Å²) < 4.78 is 179. The van der Waals surface area contributed by atoms with Crippen LogP contribution in [0.5, 0.6) is 0 Å². The Morgan fingerprint density at radius 3 is 0.824 bits per heavy atom. The normalized spacial score (nSPS) is 32.8. The lowest BCUT2D eigenvalue weighted by Crippen LogP contribution is -2.48. The van der Waals surface area contributed by atoms with Crippen LogP contribution in [-0.4, -0.2) is 54.5 Å². The fourth-order valence-electron chi connectivity index (χ4n) is 10.4. The number of rotatable bonds is 5. The molecule has 0 aromatic carbocycles. The lowest BCUT2D eigenvalue weighted by molar-refractivity contribution is -0.258. The van der Waals surface area contributed by atoms with Crippen molar-refractivity contribution in [2.45, 2.75) is 82.2 Å². The molecule has 8 aliphatic rings. The van der Waals surface area contributed by atoms with Gasteiger partial charge < -0.3 is 0 Å². The minimum Gasteiger partial charge on any atom is -0.194 e. The Labute approximate surface area is 422 Å². The molecule has 0 saturated heterocycles. The fourth-order valence-corrected chi connectivity index (χ4v) is 21.7. The van der Waals surface area contributed by atoms with Crippen LogP contribution < -0.4 is 0 Å². The standard InChI is InChI=1S/C46H24Cl2F12S8/c1-37-17(33-35(19-15-31(47)67-39(19,37)3)43(53,54)45(57,58)41(33,49)50)13-29(65-37)27-11-9-25(63-27)23-7-5-21(61-23)22-6-8-24(62-22)26-10-12-28(64-26)30-14-18-34-36(44(55,56)46(59,60)42(34,51)52)20-16-32(48)68-40(20,4)38(18,2)66-30/h5-16H,1-4H3. The third-order valence-electron chi connectivity index (χ3n) is 14.2. The summed E-state index contributed by atoms with van der Waals surface area (Å²) in [5.41, 5.74) is -6.64. The number of alkyl halides is 12. The summed E-state index contributed by atoms with van der Waals surface area (Å²) in [4.78, 5) is 7.39. The van der Waals surface area contributed by atoms with Crippen molar-refractivity contribution >= 4 is 125 Å². The van der Waals surface area contributed by atoms with Crippen LogP contribution in [0.2, 0.25) is 0 Å². The minimum atomic E-state index is -5.66. The molecular formula is C46H24Cl2F12S8. The SMILES string of the molecule is CC12SC(Cl)=CC1=C1C(=C3C=C(c4ccc(-c5ccc(-c6ccc(-c7ccc(C8=CC9=C%10C(=C%11C=C(Cl)SC%11(C)C9(C)S8)C(F)(F)C(F)(F)C%10(F)F)s7)s6)s5)s4)SC32C)C(F)(F)C(F)(F)C1(F)F. The second kappa shape index (κ2) is 13.9. The Hall–Kier alpha value is -2.14. The summed E-state index contributed by atoms with van der Waals surface area (Å²) in [5, 5.41) is 0. The van der Waals surface area contributed by atoms with E-state index in [2.05, 4.69) is 0 Å². The zero-order chi connectivity index (χ0) is 48.7. The molecule has 4 aliphatic carbocycles. The van der Waals surface area contributed by atoms with Gasteiger partial charge in [-0.2, -0.15) is 52.7 Å². The highest BCUT2D eigenvalue weighted by Gasteiger charge is 2.86. The second-order valence-electron chi connectivity index (χ2n) is 17.7. The van der Waals surface area contributed by atoms with Crippen molar-refractivity contribution in [1.82, 2.24) is 0 Å². The summed E-state index contributed by atoms with van der Waals surface area (Å²) in [6.07, 6.45) is 4.89. The van der Waals surface area contributed by atoms with Crippen molar-refractivity contribution in [3.05, 3.63) is 136 Å². The first kappa shape index (κ1) is 46.9. The summed E-state index contributed by atoms with van der Waals surface area (Å²) in [6.45, 7) is 6.34. The highest BCUT2D eigenvalue weighted by atomic mass is 35.5. The monoisotopic (exact) mass is 1130 g/mol. The molecule has 354 valence electrons. The van der Waals surface area contributed by atoms with E-state index in [0.29, 0.717) is 19.6 Å². The van der Waals surface area contributed by atoms with Gasteiger partial charge in [-0.15, -0.1) is 92.4 Å². The Kier molecular flexibility index (Phi) is 9.60. The summed E-state index contributed by atoms with van der Waals surface area (Å²) >= 11 is 22.6. The van der Waals surface area contributed by atoms with Gasteiger partial charge in [0, 0.05) is 71.1 Å². The van der Waals surface area contributed by atoms with E-state index in [1.54, 1.807) is 39.8 Å². The van der Waals surface area contributed by atoms with E-state index in [4.69, 9.17) is 23.2 Å². The van der Waals surface area contributed by atoms with Gasteiger partial charge in [-0.1, -0.05) is 23.2 Å². The molecule has 12 rings (SSSR count). The Balaban J connectivity index is 0.830. The fraction of sp³-hybridized carbons (Fsp3) is 0.304. The Morgan fingerprint density at radius 2 is 0.544 bits per heavy atom. The van der Waals surface area contributed by atoms with E-state index in [-0.39, 0.29) is 31.0 Å². The number of fused-ring (bicyclic) bond motifs is 8. The van der Waals surface area contributed by atoms with Crippen molar-refractivity contribution in [1.29, 1.82) is 0 Å². The van der Waals surface area contributed by atoms with Crippen molar-refractivity contribution in [3.8, 4) is 29.3 Å². The molecule has 0 amide bonds. The molecule has 2 fully saturated rings. The van der Waals surface area contributed by atoms with Gasteiger partial charge in [-0.25, -0.2) is 0 Å². The smallest absolute Gasteiger partial charge is 0.194 e. The van der Waals surface area contributed by atoms with E-state index in [1.165, 1.54) is 57.5 Å². The van der Waals surface area contributed by atoms with Gasteiger partial charge in [-0.3, -0.25) is 0 Å². The summed E-state index contributed by atoms with van der Waals surface area (Å²) in [7, 11) is 0. The topological polar surface area (TPSA) is 0 Å². The number of thioether (sulfide) groups is 4. The molecule has 0 nitrogen and oxygen atoms in total. The van der Waals surface area contributed by atoms with Crippen molar-refractivity contribution in [2.24, 2.45) is 0 Å². The molecule has 0 radical (unpaired) electrons. The number of allylic oxidation sites excluding steroid dienone is 8. The zero-order valence-electron chi connectivity index (χ0n) is 34.5. The van der Waals surface area contributed by atoms with Gasteiger partial charge in [0.05, 0.1) is 27.7 Å². The van der Waals surface area contributed by atoms with E-state index in [9.17, 15) is 0 Å². The number of halogens is 14. The molecule has 0 bridgehead atoms. The van der Waals surface area contributed by atoms with E-state index in [1.807, 2.05) is 36.4 Å². The molecule has 4 aromatic heterocycles. The van der Waals surface area contributed by atoms with Crippen molar-refractivity contribution in [3.63, 3.8) is 0 Å². The largest absolute Gasteiger partial charge is 0.380 e. The quantitative estimate of drug-likeness (QED) is 0.183. The summed E-state index contributed by atoms with van der Waals surface area (Å²) in [5.74, 6) is -31.9. The highest BCUT2D eigenvalue weighted by Crippen LogP contribution is 2.77. The molecule has 22 heteroatoms. The third-order valence-corrected chi connectivity index (χ3v) is 26.3. The predicted octanol–water partition coefficient (Wildman–Crippen LogP) is 18.9. The molecule has 2 saturated carbocycles. The molecule has 4 aliphatic heterocycles. The molecule has 68 heavy (non-hydrogen) atoms. The lowest BCUT2D eigenvalue weighted by Gasteiger charge is -2.47. The van der Waals surface area contributed by atoms with Gasteiger partial charge in [0.2, 0.25) is 0 Å². The van der Waals surface area contributed by atoms with Crippen LogP contribution >= 0.6 is 116 Å². The lowest BCUT2D eigenvalue weighted by atomic mass is 9.71. The van der Waals surface area contributed by atoms with E-state index < -0.39 is 76.8 Å². The molecule has 8 heterocycles. The minimum absolute atomic E-state index is 0.0327. The van der Waals surface area contributed by atoms with Crippen LogP contribution in [0.3, 0.4) is 0 Å². The van der Waals surface area contributed by atoms with E-state index >= 15 is 52.7 Å². The molecule has 4 unspecified atom stereocenters. The predicted molar refractivity (Wildman–Crippen MR) is 260 cm³/mol. The van der Waals surface area contributed by atoms with Crippen molar-refractivity contribution in [2.75, 3.05) is 0 Å². The number of thiophene rings is 4. The van der Waals surface area contributed by atoms with Crippen LogP contribution in [-0.2, 0) is 0 Å². The van der Waals surface area contributed by atoms with Crippen LogP contribution in [0.1, 0.15) is 37.4 Å². The maximum Gasteiger partial charge on any atom is 0.380 e. The van der Waals surface area contributed by atoms with Gasteiger partial charge >= 0.3 is 35.5 Å². The zero-order valence-corrected chi connectivity index (χ0v) is 42.5. The van der Waals surface area contributed by atoms with Crippen molar-refractivity contribution < 1.29 is 52.7 Å². The van der Waals surface area contributed by atoms with Gasteiger partial charge in [0.15, 0.2) is 0 Å². The summed E-state index contributed by atoms with van der Waals surface area (Å²) in [6, 6.07) is 15.0. The van der Waals surface area contributed by atoms with Gasteiger partial charge in [0.25, 0.3) is 0 Å². The first-order valence-corrected chi connectivity index (χ1v) is 27.4. The maximum absolute atomic E-state index is 15.6. The van der Waals surface area contributed by atoms with Crippen LogP contribution in [0.4, 0.5) is 52.7 Å². The Bertz CT molecular complexity index is 3100. The molecule has 4 aromatic rings. The second-order valence-corrected chi connectivity index (χ2v) is 29.2. The Morgan fingerprint density at radius 1 is 0.324 bits per heavy atom. The molecule has 0 N–H and O–H groups in total. The third kappa shape index (κ3) is 5.42. The molecule has 0 spiro atoms. The van der Waals surface area contributed by atoms with E-state index in [0.717, 1.165) is 88.5 Å². The number of hydrogen-bond donors (Lipinski definition) is 0. The molecule has 4 atom stereocenters. The van der Waals surface area contributed by atoms with Gasteiger partial charge in [0.1, 0.15) is 0 Å². The average molecular weight is 1130 g/mol. The van der Waals surface area contributed by atoms with Gasteiger partial charge in [-0.05, 0) is 123 Å². The van der Waals surface area contributed by atoms with Crippen LogP contribution in [0, 0.1) is 0 Å². The van der Waals surface area contributed by atoms with Crippen LogP contribution in [0.25, 0.3) is 39.1 Å². The first-order chi connectivity index (χ1) is 31.5. The molecular weight excluding hydrogens is 1110 g/mol.